The number of nitriles is 1. The van der Waals surface area contributed by atoms with Crippen molar-refractivity contribution >= 4 is 17.6 Å². The molecule has 2 heterocycles. The average molecular weight is 396 g/mol. The molecule has 0 bridgehead atoms. The summed E-state index contributed by atoms with van der Waals surface area (Å²) in [5.74, 6) is -0.824. The summed E-state index contributed by atoms with van der Waals surface area (Å²) in [4.78, 5) is 17.5. The third-order valence-corrected chi connectivity index (χ3v) is 5.35. The fraction of sp³-hybridized carbons (Fsp3) is 0.190. The van der Waals surface area contributed by atoms with Crippen molar-refractivity contribution < 1.29 is 13.9 Å². The van der Waals surface area contributed by atoms with Gasteiger partial charge in [0.2, 0.25) is 0 Å². The minimum atomic E-state index is -1.16. The van der Waals surface area contributed by atoms with Gasteiger partial charge < -0.3 is 9.30 Å². The lowest BCUT2D eigenvalue weighted by molar-refractivity contribution is -0.153. The molecule has 5 nitrogen and oxygen atoms in total. The summed E-state index contributed by atoms with van der Waals surface area (Å²) in [5, 5.41) is 9.42. The van der Waals surface area contributed by atoms with Gasteiger partial charge in [0.05, 0.1) is 18.0 Å². The highest BCUT2D eigenvalue weighted by molar-refractivity contribution is 6.31. The molecule has 1 aliphatic rings. The van der Waals surface area contributed by atoms with Gasteiger partial charge in [0.1, 0.15) is 12.4 Å². The molecule has 3 aromatic rings. The summed E-state index contributed by atoms with van der Waals surface area (Å²) in [7, 11) is 0. The Bertz CT molecular complexity index is 1090. The van der Waals surface area contributed by atoms with Crippen molar-refractivity contribution in [2.45, 2.75) is 25.0 Å². The number of rotatable bonds is 4. The molecule has 0 fully saturated rings. The Kier molecular flexibility index (Phi) is 4.62. The largest absolute Gasteiger partial charge is 0.459 e. The third kappa shape index (κ3) is 2.94. The molecule has 0 aliphatic carbocycles. The maximum absolute atomic E-state index is 13.3. The zero-order valence-corrected chi connectivity index (χ0v) is 15.5. The van der Waals surface area contributed by atoms with Crippen LogP contribution >= 0.6 is 11.6 Å². The molecule has 1 atom stereocenters. The standard InChI is InChI=1S/C21H15ClFN3O2/c22-19-9-15(10-24)3-6-18(19)21(8-7-17-11-25-13-26(17)21)20(27)28-12-14-1-4-16(23)5-2-14/h1-6,9,11,13H,7-8,12H2/t21-/m1/s1. The number of nitrogens with zero attached hydrogens (tertiary/aromatic N) is 3. The van der Waals surface area contributed by atoms with Crippen molar-refractivity contribution in [2.24, 2.45) is 0 Å². The maximum Gasteiger partial charge on any atom is 0.337 e. The molecule has 1 aliphatic heterocycles. The second-order valence-electron chi connectivity index (χ2n) is 6.62. The molecule has 140 valence electrons. The fourth-order valence-electron chi connectivity index (χ4n) is 3.62. The predicted octanol–water partition coefficient (Wildman–Crippen LogP) is 3.98. The number of carbonyl (C=O) groups is 1. The number of hydrogen-bond donors (Lipinski definition) is 0. The minimum Gasteiger partial charge on any atom is -0.459 e. The zero-order valence-electron chi connectivity index (χ0n) is 14.7. The number of benzene rings is 2. The summed E-state index contributed by atoms with van der Waals surface area (Å²) in [5.41, 5.74) is 1.40. The molecule has 0 saturated carbocycles. The van der Waals surface area contributed by atoms with E-state index in [4.69, 9.17) is 21.6 Å². The van der Waals surface area contributed by atoms with Crippen LogP contribution in [0.25, 0.3) is 0 Å². The van der Waals surface area contributed by atoms with E-state index in [0.717, 1.165) is 5.69 Å². The molecular formula is C21H15ClFN3O2. The van der Waals surface area contributed by atoms with E-state index in [1.165, 1.54) is 12.1 Å². The van der Waals surface area contributed by atoms with Gasteiger partial charge in [-0.25, -0.2) is 14.2 Å². The Morgan fingerprint density at radius 2 is 2.11 bits per heavy atom. The maximum atomic E-state index is 13.3. The van der Waals surface area contributed by atoms with Crippen LogP contribution < -0.4 is 0 Å². The Balaban J connectivity index is 1.72. The van der Waals surface area contributed by atoms with Crippen molar-refractivity contribution in [1.82, 2.24) is 9.55 Å². The Morgan fingerprint density at radius 1 is 1.32 bits per heavy atom. The van der Waals surface area contributed by atoms with Gasteiger partial charge in [-0.15, -0.1) is 0 Å². The molecule has 1 aromatic heterocycles. The number of ether oxygens (including phenoxy) is 1. The molecule has 28 heavy (non-hydrogen) atoms. The molecule has 0 unspecified atom stereocenters. The first-order chi connectivity index (χ1) is 13.5. The van der Waals surface area contributed by atoms with Gasteiger partial charge in [0, 0.05) is 22.5 Å². The number of esters is 1. The summed E-state index contributed by atoms with van der Waals surface area (Å²) in [6, 6.07) is 12.7. The first kappa shape index (κ1) is 18.2. The number of halogens is 2. The lowest BCUT2D eigenvalue weighted by atomic mass is 9.87. The van der Waals surface area contributed by atoms with Crippen molar-refractivity contribution in [2.75, 3.05) is 0 Å². The van der Waals surface area contributed by atoms with Crippen LogP contribution in [0, 0.1) is 17.1 Å². The van der Waals surface area contributed by atoms with Gasteiger partial charge in [0.25, 0.3) is 0 Å². The lowest BCUT2D eigenvalue weighted by Gasteiger charge is -2.30. The van der Waals surface area contributed by atoms with E-state index in [1.807, 2.05) is 6.07 Å². The molecule has 2 aromatic carbocycles. The molecule has 7 heteroatoms. The predicted molar refractivity (Wildman–Crippen MR) is 100.0 cm³/mol. The molecular weight excluding hydrogens is 381 g/mol. The molecule has 0 saturated heterocycles. The number of carbonyl (C=O) groups excluding carboxylic acids is 1. The van der Waals surface area contributed by atoms with Crippen LogP contribution in [0.3, 0.4) is 0 Å². The second kappa shape index (κ2) is 7.10. The van der Waals surface area contributed by atoms with E-state index in [2.05, 4.69) is 4.98 Å². The van der Waals surface area contributed by atoms with E-state index in [9.17, 15) is 9.18 Å². The Morgan fingerprint density at radius 3 is 2.82 bits per heavy atom. The Hall–Kier alpha value is -3.17. The van der Waals surface area contributed by atoms with Gasteiger partial charge in [-0.05, 0) is 42.7 Å². The van der Waals surface area contributed by atoms with Gasteiger partial charge in [-0.3, -0.25) is 0 Å². The number of aromatic nitrogens is 2. The molecule has 4 rings (SSSR count). The summed E-state index contributed by atoms with van der Waals surface area (Å²) < 4.78 is 20.5. The van der Waals surface area contributed by atoms with Crippen LogP contribution in [0.4, 0.5) is 4.39 Å². The minimum absolute atomic E-state index is 0.0127. The first-order valence-electron chi connectivity index (χ1n) is 8.68. The van der Waals surface area contributed by atoms with Crippen LogP contribution in [0.5, 0.6) is 0 Å². The monoisotopic (exact) mass is 395 g/mol. The van der Waals surface area contributed by atoms with E-state index < -0.39 is 11.5 Å². The van der Waals surface area contributed by atoms with Crippen LogP contribution in [0.2, 0.25) is 5.02 Å². The van der Waals surface area contributed by atoms with Crippen LogP contribution in [0.15, 0.2) is 55.0 Å². The topological polar surface area (TPSA) is 67.9 Å². The number of fused-ring (bicyclic) bond motifs is 1. The van der Waals surface area contributed by atoms with Crippen LogP contribution in [-0.2, 0) is 28.1 Å². The highest BCUT2D eigenvalue weighted by atomic mass is 35.5. The summed E-state index contributed by atoms with van der Waals surface area (Å²) in [6.45, 7) is 0.0127. The Labute approximate surface area is 166 Å². The highest BCUT2D eigenvalue weighted by Crippen LogP contribution is 2.42. The van der Waals surface area contributed by atoms with Crippen molar-refractivity contribution in [3.05, 3.63) is 88.2 Å². The highest BCUT2D eigenvalue weighted by Gasteiger charge is 2.49. The fourth-order valence-corrected chi connectivity index (χ4v) is 3.96. The summed E-state index contributed by atoms with van der Waals surface area (Å²) in [6.07, 6.45) is 4.42. The van der Waals surface area contributed by atoms with E-state index in [1.54, 1.807) is 47.4 Å². The van der Waals surface area contributed by atoms with Crippen molar-refractivity contribution in [1.29, 1.82) is 5.26 Å². The SMILES string of the molecule is N#Cc1ccc([C@@]2(C(=O)OCc3ccc(F)cc3)CCc3cncn32)c(Cl)c1. The molecule has 0 N–H and O–H groups in total. The van der Waals surface area contributed by atoms with Gasteiger partial charge in [-0.1, -0.05) is 29.8 Å². The smallest absolute Gasteiger partial charge is 0.337 e. The third-order valence-electron chi connectivity index (χ3n) is 5.03. The molecule has 0 spiro atoms. The van der Waals surface area contributed by atoms with Gasteiger partial charge in [-0.2, -0.15) is 5.26 Å². The van der Waals surface area contributed by atoms with Gasteiger partial charge >= 0.3 is 5.97 Å². The normalized spacial score (nSPS) is 17.8. The average Bonchev–Trinajstić information content (AvgIpc) is 3.30. The molecule has 0 radical (unpaired) electrons. The second-order valence-corrected chi connectivity index (χ2v) is 7.03. The van der Waals surface area contributed by atoms with Crippen molar-refractivity contribution in [3.63, 3.8) is 0 Å². The lowest BCUT2D eigenvalue weighted by Crippen LogP contribution is -2.41. The van der Waals surface area contributed by atoms with E-state index in [-0.39, 0.29) is 12.4 Å². The zero-order chi connectivity index (χ0) is 19.7. The summed E-state index contributed by atoms with van der Waals surface area (Å²) >= 11 is 6.46. The first-order valence-corrected chi connectivity index (χ1v) is 9.06. The number of hydrogen-bond acceptors (Lipinski definition) is 4. The van der Waals surface area contributed by atoms with Crippen LogP contribution in [-0.4, -0.2) is 15.5 Å². The van der Waals surface area contributed by atoms with Crippen molar-refractivity contribution in [3.8, 4) is 6.07 Å². The van der Waals surface area contributed by atoms with Crippen LogP contribution in [0.1, 0.15) is 28.8 Å². The van der Waals surface area contributed by atoms with Gasteiger partial charge in [0.15, 0.2) is 5.54 Å². The van der Waals surface area contributed by atoms with E-state index in [0.29, 0.717) is 34.6 Å². The number of aryl methyl sites for hydroxylation is 1. The number of imidazole rings is 1. The quantitative estimate of drug-likeness (QED) is 0.626. The molecule has 0 amide bonds. The van der Waals surface area contributed by atoms with E-state index >= 15 is 0 Å².